The van der Waals surface area contributed by atoms with Crippen LogP contribution in [-0.2, 0) is 9.59 Å². The number of carbonyl (C=O) groups is 2. The van der Waals surface area contributed by atoms with E-state index in [-0.39, 0.29) is 17.7 Å². The summed E-state index contributed by atoms with van der Waals surface area (Å²) in [6, 6.07) is 18.0. The van der Waals surface area contributed by atoms with Gasteiger partial charge in [0, 0.05) is 10.6 Å². The summed E-state index contributed by atoms with van der Waals surface area (Å²) in [6.07, 6.45) is 0.0351. The lowest BCUT2D eigenvalue weighted by Crippen LogP contribution is -2.32. The number of amides is 2. The quantitative estimate of drug-likeness (QED) is 0.472. The molecule has 0 saturated carbocycles. The largest absolute Gasteiger partial charge is 0.494 e. The topological polar surface area (TPSA) is 67.9 Å². The molecule has 6 nitrogen and oxygen atoms in total. The van der Waals surface area contributed by atoms with Gasteiger partial charge in [-0.05, 0) is 80.7 Å². The molecule has 1 aliphatic heterocycles. The van der Waals surface area contributed by atoms with Crippen LogP contribution in [0.4, 0.5) is 11.4 Å². The molecule has 0 atom stereocenters. The van der Waals surface area contributed by atoms with Gasteiger partial charge in [-0.1, -0.05) is 6.07 Å². The Morgan fingerprint density at radius 3 is 2.22 bits per heavy atom. The first-order valence-electron chi connectivity index (χ1n) is 10.4. The van der Waals surface area contributed by atoms with Gasteiger partial charge in [-0.25, -0.2) is 4.90 Å². The fraction of sp³-hybridized carbons (Fsp3) is 0.200. The number of carbonyl (C=O) groups excluding carboxylic acids is 2. The van der Waals surface area contributed by atoms with E-state index >= 15 is 0 Å². The van der Waals surface area contributed by atoms with Crippen molar-refractivity contribution in [1.82, 2.24) is 0 Å². The third kappa shape index (κ3) is 4.38. The number of hydrogen-bond acceptors (Lipinski definition) is 6. The van der Waals surface area contributed by atoms with Crippen molar-refractivity contribution >= 4 is 40.1 Å². The molecule has 0 bridgehead atoms. The first-order valence-corrected chi connectivity index (χ1v) is 11.3. The molecule has 1 N–H and O–H groups in total. The van der Waals surface area contributed by atoms with Crippen LogP contribution in [0.25, 0.3) is 5.57 Å². The highest BCUT2D eigenvalue weighted by Gasteiger charge is 2.40. The molecule has 0 fully saturated rings. The van der Waals surface area contributed by atoms with Gasteiger partial charge in [0.15, 0.2) is 0 Å². The summed E-state index contributed by atoms with van der Waals surface area (Å²) < 4.78 is 11.2. The number of thiophene rings is 1. The van der Waals surface area contributed by atoms with E-state index in [2.05, 4.69) is 5.32 Å². The summed E-state index contributed by atoms with van der Waals surface area (Å²) in [5, 5.41) is 5.04. The second-order valence-corrected chi connectivity index (χ2v) is 8.36. The molecule has 2 aromatic carbocycles. The monoisotopic (exact) mass is 448 g/mol. The molecule has 4 rings (SSSR count). The number of hydrogen-bond donors (Lipinski definition) is 1. The number of nitrogens with one attached hydrogen (secondary N) is 1. The molecular formula is C25H24N2O4S. The normalized spacial score (nSPS) is 13.8. The maximum Gasteiger partial charge on any atom is 0.282 e. The van der Waals surface area contributed by atoms with Crippen LogP contribution in [0.15, 0.2) is 71.7 Å². The van der Waals surface area contributed by atoms with Gasteiger partial charge >= 0.3 is 0 Å². The van der Waals surface area contributed by atoms with Gasteiger partial charge in [-0.3, -0.25) is 9.59 Å². The molecular weight excluding hydrogens is 424 g/mol. The molecule has 1 aliphatic rings. The van der Waals surface area contributed by atoms with Crippen molar-refractivity contribution < 1.29 is 19.1 Å². The summed E-state index contributed by atoms with van der Waals surface area (Å²) >= 11 is 1.42. The van der Waals surface area contributed by atoms with Gasteiger partial charge in [0.25, 0.3) is 11.8 Å². The van der Waals surface area contributed by atoms with Gasteiger partial charge in [0.05, 0.1) is 24.0 Å². The van der Waals surface area contributed by atoms with Crippen LogP contribution in [0.5, 0.6) is 11.5 Å². The number of ether oxygens (including phenoxy) is 2. The zero-order valence-corrected chi connectivity index (χ0v) is 18.9. The highest BCUT2D eigenvalue weighted by molar-refractivity contribution is 7.11. The Kier molecular flexibility index (Phi) is 6.28. The predicted octanol–water partition coefficient (Wildman–Crippen LogP) is 5.33. The van der Waals surface area contributed by atoms with Crippen molar-refractivity contribution in [3.63, 3.8) is 0 Å². The van der Waals surface area contributed by atoms with Crippen LogP contribution >= 0.6 is 11.3 Å². The smallest absolute Gasteiger partial charge is 0.282 e. The highest BCUT2D eigenvalue weighted by Crippen LogP contribution is 2.36. The van der Waals surface area contributed by atoms with Gasteiger partial charge in [0.2, 0.25) is 0 Å². The van der Waals surface area contributed by atoms with E-state index in [0.29, 0.717) is 29.3 Å². The molecule has 164 valence electrons. The molecule has 1 aromatic heterocycles. The van der Waals surface area contributed by atoms with Crippen molar-refractivity contribution in [3.8, 4) is 11.5 Å². The Labute approximate surface area is 191 Å². The first-order chi connectivity index (χ1) is 15.5. The van der Waals surface area contributed by atoms with Crippen LogP contribution < -0.4 is 19.7 Å². The summed E-state index contributed by atoms with van der Waals surface area (Å²) in [7, 11) is 0. The lowest BCUT2D eigenvalue weighted by Gasteiger charge is -2.16. The minimum atomic E-state index is -0.398. The van der Waals surface area contributed by atoms with E-state index in [1.807, 2.05) is 62.5 Å². The van der Waals surface area contributed by atoms with Gasteiger partial charge < -0.3 is 14.8 Å². The molecule has 2 heterocycles. The van der Waals surface area contributed by atoms with Crippen molar-refractivity contribution in [3.05, 3.63) is 76.6 Å². The van der Waals surface area contributed by atoms with E-state index in [9.17, 15) is 9.59 Å². The Hall–Kier alpha value is -3.58. The van der Waals surface area contributed by atoms with Crippen LogP contribution in [0.1, 0.15) is 25.6 Å². The van der Waals surface area contributed by atoms with Crippen LogP contribution in [0, 0.1) is 0 Å². The fourth-order valence-corrected chi connectivity index (χ4v) is 4.19. The Balaban J connectivity index is 1.66. The highest BCUT2D eigenvalue weighted by atomic mass is 32.1. The number of rotatable bonds is 8. The third-order valence-electron chi connectivity index (χ3n) is 4.75. The zero-order chi connectivity index (χ0) is 22.7. The average Bonchev–Trinajstić information content (AvgIpc) is 3.37. The molecule has 2 amide bonds. The van der Waals surface area contributed by atoms with Gasteiger partial charge in [0.1, 0.15) is 17.2 Å². The average molecular weight is 449 g/mol. The van der Waals surface area contributed by atoms with Crippen molar-refractivity contribution in [2.75, 3.05) is 16.8 Å². The molecule has 0 unspecified atom stereocenters. The Morgan fingerprint density at radius 2 is 1.62 bits per heavy atom. The Morgan fingerprint density at radius 1 is 0.938 bits per heavy atom. The van der Waals surface area contributed by atoms with Crippen LogP contribution in [0.2, 0.25) is 0 Å². The summed E-state index contributed by atoms with van der Waals surface area (Å²) in [5.74, 6) is 0.667. The standard InChI is InChI=1S/C25H24N2O4S/c1-4-30-19-11-7-17(8-12-19)26-23-22(21-6-5-15-32-21)24(28)27(25(23)29)18-9-13-20(14-10-18)31-16(2)3/h5-16,26H,4H2,1-3H3. The second-order valence-electron chi connectivity index (χ2n) is 7.42. The molecule has 7 heteroatoms. The van der Waals surface area contributed by atoms with E-state index in [1.165, 1.54) is 16.2 Å². The molecule has 3 aromatic rings. The maximum absolute atomic E-state index is 13.4. The van der Waals surface area contributed by atoms with Crippen molar-refractivity contribution in [2.45, 2.75) is 26.9 Å². The molecule has 0 radical (unpaired) electrons. The van der Waals surface area contributed by atoms with E-state index in [0.717, 1.165) is 10.6 Å². The zero-order valence-electron chi connectivity index (χ0n) is 18.1. The number of nitrogens with zero attached hydrogens (tertiary/aromatic N) is 1. The van der Waals surface area contributed by atoms with Crippen molar-refractivity contribution in [1.29, 1.82) is 0 Å². The SMILES string of the molecule is CCOc1ccc(NC2=C(c3cccs3)C(=O)N(c3ccc(OC(C)C)cc3)C2=O)cc1. The van der Waals surface area contributed by atoms with Gasteiger partial charge in [-0.2, -0.15) is 0 Å². The van der Waals surface area contributed by atoms with Crippen molar-refractivity contribution in [2.24, 2.45) is 0 Å². The minimum absolute atomic E-state index is 0.0351. The number of anilines is 2. The van der Waals surface area contributed by atoms with Crippen LogP contribution in [-0.4, -0.2) is 24.5 Å². The lowest BCUT2D eigenvalue weighted by atomic mass is 10.2. The summed E-state index contributed by atoms with van der Waals surface area (Å²) in [4.78, 5) is 28.7. The summed E-state index contributed by atoms with van der Waals surface area (Å²) in [5.41, 5.74) is 1.81. The first kappa shape index (κ1) is 21.6. The van der Waals surface area contributed by atoms with E-state index in [4.69, 9.17) is 9.47 Å². The molecule has 0 aliphatic carbocycles. The molecule has 0 saturated heterocycles. The van der Waals surface area contributed by atoms with Gasteiger partial charge in [-0.15, -0.1) is 11.3 Å². The molecule has 32 heavy (non-hydrogen) atoms. The van der Waals surface area contributed by atoms with E-state index < -0.39 is 5.91 Å². The third-order valence-corrected chi connectivity index (χ3v) is 5.64. The molecule has 0 spiro atoms. The van der Waals surface area contributed by atoms with E-state index in [1.54, 1.807) is 24.3 Å². The lowest BCUT2D eigenvalue weighted by molar-refractivity contribution is -0.120. The fourth-order valence-electron chi connectivity index (χ4n) is 3.42. The number of imide groups is 1. The maximum atomic E-state index is 13.4. The van der Waals surface area contributed by atoms with Crippen LogP contribution in [0.3, 0.4) is 0 Å². The Bertz CT molecular complexity index is 1130. The summed E-state index contributed by atoms with van der Waals surface area (Å²) in [6.45, 7) is 6.38. The number of benzene rings is 2. The minimum Gasteiger partial charge on any atom is -0.494 e. The predicted molar refractivity (Wildman–Crippen MR) is 127 cm³/mol. The second kappa shape index (κ2) is 9.28.